The highest BCUT2D eigenvalue weighted by atomic mass is 79.9. The first-order valence-corrected chi connectivity index (χ1v) is 6.95. The number of benzene rings is 2. The van der Waals surface area contributed by atoms with Gasteiger partial charge in [0.25, 0.3) is 0 Å². The summed E-state index contributed by atoms with van der Waals surface area (Å²) in [4.78, 5) is 0. The molecule has 0 amide bonds. The fourth-order valence-electron chi connectivity index (χ4n) is 2.33. The summed E-state index contributed by atoms with van der Waals surface area (Å²) >= 11 is 3.28. The van der Waals surface area contributed by atoms with Gasteiger partial charge < -0.3 is 4.57 Å². The molecule has 3 heteroatoms. The van der Waals surface area contributed by atoms with Crippen molar-refractivity contribution in [3.63, 3.8) is 0 Å². The Hall–Kier alpha value is -1.61. The molecule has 0 fully saturated rings. The molecule has 0 aliphatic carbocycles. The summed E-state index contributed by atoms with van der Waals surface area (Å²) in [5.41, 5.74) is 0.698. The fourth-order valence-corrected chi connectivity index (χ4v) is 2.66. The van der Waals surface area contributed by atoms with Gasteiger partial charge in [-0.2, -0.15) is 0 Å². The molecule has 3 rings (SSSR count). The smallest absolute Gasteiger partial charge is 0.129 e. The number of hydrogen-bond acceptors (Lipinski definition) is 0. The monoisotopic (exact) mass is 317 g/mol. The van der Waals surface area contributed by atoms with Crippen LogP contribution in [0, 0.1) is 5.82 Å². The molecule has 0 aliphatic heterocycles. The summed E-state index contributed by atoms with van der Waals surface area (Å²) in [6.45, 7) is 2.01. The van der Waals surface area contributed by atoms with Crippen molar-refractivity contribution >= 4 is 26.7 Å². The number of rotatable bonds is 2. The molecule has 2 aromatic carbocycles. The number of aromatic nitrogens is 1. The van der Waals surface area contributed by atoms with Crippen molar-refractivity contribution in [2.75, 3.05) is 0 Å². The Morgan fingerprint density at radius 3 is 2.26 bits per heavy atom. The minimum absolute atomic E-state index is 0.0273. The Labute approximate surface area is 119 Å². The molecule has 0 radical (unpaired) electrons. The molecular weight excluding hydrogens is 305 g/mol. The van der Waals surface area contributed by atoms with Gasteiger partial charge in [0.05, 0.1) is 6.04 Å². The van der Waals surface area contributed by atoms with Gasteiger partial charge in [0.2, 0.25) is 0 Å². The number of halogens is 2. The number of hydrogen-bond donors (Lipinski definition) is 0. The summed E-state index contributed by atoms with van der Waals surface area (Å²) in [5.74, 6) is -0.181. The average molecular weight is 318 g/mol. The normalized spacial score (nSPS) is 12.8. The lowest BCUT2D eigenvalue weighted by molar-refractivity contribution is 0.558. The van der Waals surface area contributed by atoms with Crippen LogP contribution in [0.2, 0.25) is 0 Å². The lowest BCUT2D eigenvalue weighted by Gasteiger charge is -2.15. The maximum absolute atomic E-state index is 14.0. The van der Waals surface area contributed by atoms with Crippen LogP contribution >= 0.6 is 15.9 Å². The average Bonchev–Trinajstić information content (AvgIpc) is 2.81. The second-order valence-corrected chi connectivity index (χ2v) is 5.59. The van der Waals surface area contributed by atoms with E-state index in [0.717, 1.165) is 4.47 Å². The first kappa shape index (κ1) is 12.4. The van der Waals surface area contributed by atoms with Gasteiger partial charge in [0, 0.05) is 22.4 Å². The molecule has 0 bridgehead atoms. The highest BCUT2D eigenvalue weighted by Gasteiger charge is 2.13. The van der Waals surface area contributed by atoms with Crippen LogP contribution in [0.15, 0.2) is 59.3 Å². The van der Waals surface area contributed by atoms with E-state index in [1.165, 1.54) is 16.8 Å². The van der Waals surface area contributed by atoms with E-state index in [9.17, 15) is 4.39 Å². The summed E-state index contributed by atoms with van der Waals surface area (Å²) in [7, 11) is 0. The minimum atomic E-state index is -0.181. The molecule has 1 nitrogen and oxygen atoms in total. The third-order valence-corrected chi connectivity index (χ3v) is 3.93. The second kappa shape index (κ2) is 4.82. The van der Waals surface area contributed by atoms with Gasteiger partial charge in [-0.1, -0.05) is 46.3 Å². The third-order valence-electron chi connectivity index (χ3n) is 3.43. The van der Waals surface area contributed by atoms with E-state index in [1.54, 1.807) is 0 Å². The van der Waals surface area contributed by atoms with Crippen molar-refractivity contribution in [3.8, 4) is 0 Å². The molecule has 19 heavy (non-hydrogen) atoms. The predicted octanol–water partition coefficient (Wildman–Crippen LogP) is 5.15. The molecule has 0 saturated heterocycles. The van der Waals surface area contributed by atoms with Crippen molar-refractivity contribution in [3.05, 3.63) is 70.7 Å². The molecule has 0 aliphatic rings. The zero-order valence-corrected chi connectivity index (χ0v) is 12.1. The van der Waals surface area contributed by atoms with Crippen LogP contribution in [0.1, 0.15) is 18.5 Å². The van der Waals surface area contributed by atoms with E-state index in [2.05, 4.69) is 45.0 Å². The van der Waals surface area contributed by atoms with Crippen LogP contribution in [0.5, 0.6) is 0 Å². The Morgan fingerprint density at radius 1 is 1.05 bits per heavy atom. The molecular formula is C16H13BrFN. The molecule has 3 aromatic rings. The van der Waals surface area contributed by atoms with Gasteiger partial charge in [-0.15, -0.1) is 0 Å². The largest absolute Gasteiger partial charge is 0.346 e. The van der Waals surface area contributed by atoms with E-state index in [-0.39, 0.29) is 11.9 Å². The first-order valence-electron chi connectivity index (χ1n) is 6.16. The fraction of sp³-hybridized carbons (Fsp3) is 0.125. The van der Waals surface area contributed by atoms with Gasteiger partial charge in [0.15, 0.2) is 0 Å². The van der Waals surface area contributed by atoms with Crippen molar-refractivity contribution < 1.29 is 4.39 Å². The zero-order valence-electron chi connectivity index (χ0n) is 10.5. The van der Waals surface area contributed by atoms with Crippen molar-refractivity contribution in [2.45, 2.75) is 13.0 Å². The lowest BCUT2D eigenvalue weighted by atomic mass is 10.1. The second-order valence-electron chi connectivity index (χ2n) is 4.68. The van der Waals surface area contributed by atoms with Crippen molar-refractivity contribution in [1.82, 2.24) is 4.57 Å². The van der Waals surface area contributed by atoms with E-state index >= 15 is 0 Å². The standard InChI is InChI=1S/C16H13BrFN/c1-11(15-7-6-14(17)8-16(15)18)19-9-12-4-2-3-5-13(12)10-19/h2-11H,1H3. The SMILES string of the molecule is CC(c1ccc(Br)cc1F)n1cc2ccccc2c1. The van der Waals surface area contributed by atoms with Crippen molar-refractivity contribution in [2.24, 2.45) is 0 Å². The van der Waals surface area contributed by atoms with Gasteiger partial charge in [-0.3, -0.25) is 0 Å². The van der Waals surface area contributed by atoms with Crippen LogP contribution in [0.4, 0.5) is 4.39 Å². The number of fused-ring (bicyclic) bond motifs is 1. The first-order chi connectivity index (χ1) is 9.15. The molecule has 0 saturated carbocycles. The van der Waals surface area contributed by atoms with Crippen LogP contribution in [-0.2, 0) is 0 Å². The Balaban J connectivity index is 2.05. The maximum Gasteiger partial charge on any atom is 0.129 e. The Morgan fingerprint density at radius 2 is 1.68 bits per heavy atom. The van der Waals surface area contributed by atoms with Crippen LogP contribution < -0.4 is 0 Å². The zero-order chi connectivity index (χ0) is 13.4. The summed E-state index contributed by atoms with van der Waals surface area (Å²) in [6.07, 6.45) is 4.11. The van der Waals surface area contributed by atoms with Gasteiger partial charge >= 0.3 is 0 Å². The quantitative estimate of drug-likeness (QED) is 0.615. The minimum Gasteiger partial charge on any atom is -0.346 e. The van der Waals surface area contributed by atoms with E-state index < -0.39 is 0 Å². The lowest BCUT2D eigenvalue weighted by Crippen LogP contribution is -2.06. The molecule has 0 N–H and O–H groups in total. The topological polar surface area (TPSA) is 4.93 Å². The summed E-state index contributed by atoms with van der Waals surface area (Å²) in [5, 5.41) is 2.35. The Kier molecular flexibility index (Phi) is 3.15. The van der Waals surface area contributed by atoms with Gasteiger partial charge in [-0.05, 0) is 29.8 Å². The van der Waals surface area contributed by atoms with Crippen LogP contribution in [-0.4, -0.2) is 4.57 Å². The number of nitrogens with zero attached hydrogens (tertiary/aromatic N) is 1. The summed E-state index contributed by atoms with van der Waals surface area (Å²) < 4.78 is 16.8. The molecule has 1 atom stereocenters. The third kappa shape index (κ3) is 2.30. The predicted molar refractivity (Wildman–Crippen MR) is 79.9 cm³/mol. The maximum atomic E-state index is 14.0. The van der Waals surface area contributed by atoms with Gasteiger partial charge in [-0.25, -0.2) is 4.39 Å². The Bertz CT molecular complexity index is 699. The van der Waals surface area contributed by atoms with Crippen molar-refractivity contribution in [1.29, 1.82) is 0 Å². The van der Waals surface area contributed by atoms with Gasteiger partial charge in [0.1, 0.15) is 5.82 Å². The molecule has 1 heterocycles. The molecule has 1 aromatic heterocycles. The van der Waals surface area contributed by atoms with E-state index in [1.807, 2.05) is 31.2 Å². The highest BCUT2D eigenvalue weighted by Crippen LogP contribution is 2.26. The van der Waals surface area contributed by atoms with E-state index in [4.69, 9.17) is 0 Å². The molecule has 1 unspecified atom stereocenters. The summed E-state index contributed by atoms with van der Waals surface area (Å²) in [6, 6.07) is 13.3. The molecule has 0 spiro atoms. The highest BCUT2D eigenvalue weighted by molar-refractivity contribution is 9.10. The van der Waals surface area contributed by atoms with Crippen LogP contribution in [0.25, 0.3) is 10.8 Å². The molecule has 96 valence electrons. The van der Waals surface area contributed by atoms with E-state index in [0.29, 0.717) is 5.56 Å². The van der Waals surface area contributed by atoms with Crippen LogP contribution in [0.3, 0.4) is 0 Å².